The van der Waals surface area contributed by atoms with Gasteiger partial charge in [0.15, 0.2) is 0 Å². The minimum absolute atomic E-state index is 0. The zero-order chi connectivity index (χ0) is 14.8. The van der Waals surface area contributed by atoms with E-state index in [4.69, 9.17) is 9.15 Å². The number of nitrogens with one attached hydrogen (secondary N) is 2. The Labute approximate surface area is 133 Å². The fraction of sp³-hybridized carbons (Fsp3) is 0.333. The van der Waals surface area contributed by atoms with Crippen molar-refractivity contribution in [3.8, 4) is 0 Å². The van der Waals surface area contributed by atoms with Crippen molar-refractivity contribution in [3.05, 3.63) is 40.8 Å². The summed E-state index contributed by atoms with van der Waals surface area (Å²) in [6, 6.07) is 7.79. The largest absolute Gasteiger partial charge is 0.423 e. The van der Waals surface area contributed by atoms with E-state index >= 15 is 0 Å². The summed E-state index contributed by atoms with van der Waals surface area (Å²) < 4.78 is 10.5. The van der Waals surface area contributed by atoms with Gasteiger partial charge in [-0.25, -0.2) is 4.79 Å². The first-order valence-electron chi connectivity index (χ1n) is 6.83. The van der Waals surface area contributed by atoms with Gasteiger partial charge in [0.05, 0.1) is 12.7 Å². The number of anilines is 1. The number of rotatable bonds is 2. The molecule has 3 rings (SSSR count). The smallest absolute Gasteiger partial charge is 0.336 e. The van der Waals surface area contributed by atoms with Gasteiger partial charge in [-0.15, -0.1) is 12.4 Å². The van der Waals surface area contributed by atoms with E-state index < -0.39 is 5.63 Å². The van der Waals surface area contributed by atoms with Crippen LogP contribution in [0.5, 0.6) is 0 Å². The second kappa shape index (κ2) is 6.91. The molecule has 118 valence electrons. The molecule has 1 amide bonds. The SMILES string of the molecule is C[C@H]1OCCN[C@@H]1C(=O)Nc1ccc2oc(=O)ccc2c1.Cl. The first kappa shape index (κ1) is 16.5. The lowest BCUT2D eigenvalue weighted by molar-refractivity contribution is -0.123. The van der Waals surface area contributed by atoms with E-state index in [-0.39, 0.29) is 30.5 Å². The Morgan fingerprint density at radius 1 is 1.32 bits per heavy atom. The lowest BCUT2D eigenvalue weighted by Crippen LogP contribution is -2.53. The molecule has 1 aliphatic heterocycles. The molecule has 0 radical (unpaired) electrons. The van der Waals surface area contributed by atoms with Crippen LogP contribution >= 0.6 is 12.4 Å². The van der Waals surface area contributed by atoms with E-state index in [1.165, 1.54) is 6.07 Å². The second-order valence-electron chi connectivity index (χ2n) is 5.00. The number of hydrogen-bond donors (Lipinski definition) is 2. The predicted octanol–water partition coefficient (Wildman–Crippen LogP) is 1.53. The average molecular weight is 325 g/mol. The number of hydrogen-bond acceptors (Lipinski definition) is 5. The van der Waals surface area contributed by atoms with Gasteiger partial charge in [0.25, 0.3) is 0 Å². The van der Waals surface area contributed by atoms with Crippen molar-refractivity contribution in [2.24, 2.45) is 0 Å². The molecule has 1 aromatic carbocycles. The first-order valence-corrected chi connectivity index (χ1v) is 6.83. The highest BCUT2D eigenvalue weighted by Crippen LogP contribution is 2.18. The van der Waals surface area contributed by atoms with Gasteiger partial charge in [-0.1, -0.05) is 0 Å². The molecule has 0 spiro atoms. The summed E-state index contributed by atoms with van der Waals surface area (Å²) in [6.45, 7) is 3.14. The summed E-state index contributed by atoms with van der Waals surface area (Å²) in [5, 5.41) is 6.74. The molecule has 0 bridgehead atoms. The highest BCUT2D eigenvalue weighted by atomic mass is 35.5. The monoisotopic (exact) mass is 324 g/mol. The Hall–Kier alpha value is -1.89. The molecule has 0 saturated carbocycles. The summed E-state index contributed by atoms with van der Waals surface area (Å²) in [5.41, 5.74) is 0.755. The van der Waals surface area contributed by atoms with Crippen LogP contribution in [0.15, 0.2) is 39.5 Å². The maximum absolute atomic E-state index is 12.2. The molecular weight excluding hydrogens is 308 g/mol. The number of amides is 1. The molecule has 2 heterocycles. The van der Waals surface area contributed by atoms with E-state index in [1.807, 2.05) is 6.92 Å². The highest BCUT2D eigenvalue weighted by molar-refractivity contribution is 5.97. The Bertz CT molecular complexity index is 731. The maximum Gasteiger partial charge on any atom is 0.336 e. The fourth-order valence-electron chi connectivity index (χ4n) is 2.40. The first-order chi connectivity index (χ1) is 10.1. The van der Waals surface area contributed by atoms with Crippen molar-refractivity contribution >= 4 is 35.0 Å². The van der Waals surface area contributed by atoms with Crippen LogP contribution in [0, 0.1) is 0 Å². The van der Waals surface area contributed by atoms with Crippen LogP contribution in [0.25, 0.3) is 11.0 Å². The Morgan fingerprint density at radius 2 is 2.14 bits per heavy atom. The molecule has 1 aromatic heterocycles. The van der Waals surface area contributed by atoms with Gasteiger partial charge >= 0.3 is 5.63 Å². The van der Waals surface area contributed by atoms with Crippen molar-refractivity contribution in [3.63, 3.8) is 0 Å². The van der Waals surface area contributed by atoms with Gasteiger partial charge < -0.3 is 19.8 Å². The van der Waals surface area contributed by atoms with Crippen LogP contribution in [0.1, 0.15) is 6.92 Å². The molecule has 6 nitrogen and oxygen atoms in total. The summed E-state index contributed by atoms with van der Waals surface area (Å²) in [4.78, 5) is 23.4. The van der Waals surface area contributed by atoms with Crippen LogP contribution in [-0.2, 0) is 9.53 Å². The summed E-state index contributed by atoms with van der Waals surface area (Å²) in [5.74, 6) is -0.140. The third kappa shape index (κ3) is 3.47. The summed E-state index contributed by atoms with van der Waals surface area (Å²) >= 11 is 0. The van der Waals surface area contributed by atoms with Crippen LogP contribution < -0.4 is 16.3 Å². The molecule has 2 aromatic rings. The number of halogens is 1. The molecule has 1 fully saturated rings. The summed E-state index contributed by atoms with van der Waals surface area (Å²) in [6.07, 6.45) is -0.169. The third-order valence-corrected chi connectivity index (χ3v) is 3.49. The molecule has 2 atom stereocenters. The molecular formula is C15H17ClN2O4. The van der Waals surface area contributed by atoms with Crippen LogP contribution in [-0.4, -0.2) is 31.2 Å². The summed E-state index contributed by atoms with van der Waals surface area (Å²) in [7, 11) is 0. The number of benzene rings is 1. The van der Waals surface area contributed by atoms with E-state index in [2.05, 4.69) is 10.6 Å². The molecule has 0 unspecified atom stereocenters. The Morgan fingerprint density at radius 3 is 2.91 bits per heavy atom. The number of carbonyl (C=O) groups excluding carboxylic acids is 1. The Balaban J connectivity index is 0.00000176. The highest BCUT2D eigenvalue weighted by Gasteiger charge is 2.28. The van der Waals surface area contributed by atoms with E-state index in [1.54, 1.807) is 24.3 Å². The van der Waals surface area contributed by atoms with Gasteiger partial charge in [0.1, 0.15) is 11.6 Å². The zero-order valence-electron chi connectivity index (χ0n) is 12.0. The van der Waals surface area contributed by atoms with E-state index in [9.17, 15) is 9.59 Å². The predicted molar refractivity (Wildman–Crippen MR) is 85.6 cm³/mol. The van der Waals surface area contributed by atoms with Crippen molar-refractivity contribution < 1.29 is 13.9 Å². The van der Waals surface area contributed by atoms with Crippen LogP contribution in [0.2, 0.25) is 0 Å². The van der Waals surface area contributed by atoms with Crippen LogP contribution in [0.3, 0.4) is 0 Å². The minimum Gasteiger partial charge on any atom is -0.423 e. The number of fused-ring (bicyclic) bond motifs is 1. The molecule has 2 N–H and O–H groups in total. The van der Waals surface area contributed by atoms with Gasteiger partial charge in [-0.2, -0.15) is 0 Å². The van der Waals surface area contributed by atoms with Crippen LogP contribution in [0.4, 0.5) is 5.69 Å². The van der Waals surface area contributed by atoms with Crippen molar-refractivity contribution in [2.75, 3.05) is 18.5 Å². The molecule has 0 aliphatic carbocycles. The van der Waals surface area contributed by atoms with E-state index in [0.717, 1.165) is 5.39 Å². The maximum atomic E-state index is 12.2. The Kier molecular flexibility index (Phi) is 5.18. The zero-order valence-corrected chi connectivity index (χ0v) is 12.8. The van der Waals surface area contributed by atoms with Crippen molar-refractivity contribution in [2.45, 2.75) is 19.1 Å². The molecule has 1 aliphatic rings. The lowest BCUT2D eigenvalue weighted by Gasteiger charge is -2.29. The average Bonchev–Trinajstić information content (AvgIpc) is 2.48. The molecule has 1 saturated heterocycles. The third-order valence-electron chi connectivity index (χ3n) is 3.49. The quantitative estimate of drug-likeness (QED) is 0.819. The standard InChI is InChI=1S/C15H16N2O4.ClH/c1-9-14(16-6-7-20-9)15(19)17-11-3-4-12-10(8-11)2-5-13(18)21-12;/h2-5,8-9,14,16H,6-7H2,1H3,(H,17,19);1H/t9-,14+;/m1./s1. The van der Waals surface area contributed by atoms with Gasteiger partial charge in [-0.3, -0.25) is 4.79 Å². The second-order valence-corrected chi connectivity index (χ2v) is 5.00. The van der Waals surface area contributed by atoms with Gasteiger partial charge in [0.2, 0.25) is 5.91 Å². The number of carbonyl (C=O) groups is 1. The molecule has 7 heteroatoms. The van der Waals surface area contributed by atoms with E-state index in [0.29, 0.717) is 24.4 Å². The number of ether oxygens (including phenoxy) is 1. The minimum atomic E-state index is -0.392. The lowest BCUT2D eigenvalue weighted by atomic mass is 10.1. The fourth-order valence-corrected chi connectivity index (χ4v) is 2.40. The number of morpholine rings is 1. The topological polar surface area (TPSA) is 80.6 Å². The molecule has 22 heavy (non-hydrogen) atoms. The van der Waals surface area contributed by atoms with Gasteiger partial charge in [0, 0.05) is 23.7 Å². The van der Waals surface area contributed by atoms with Crippen molar-refractivity contribution in [1.82, 2.24) is 5.32 Å². The van der Waals surface area contributed by atoms with Crippen molar-refractivity contribution in [1.29, 1.82) is 0 Å². The van der Waals surface area contributed by atoms with Gasteiger partial charge in [-0.05, 0) is 31.2 Å². The normalized spacial score (nSPS) is 21.1.